The molecule has 0 bridgehead atoms. The zero-order chi connectivity index (χ0) is 11.2. The normalized spacial score (nSPS) is 20.4. The summed E-state index contributed by atoms with van der Waals surface area (Å²) >= 11 is 0. The van der Waals surface area contributed by atoms with E-state index in [4.69, 9.17) is 0 Å². The molecule has 2 aromatic rings. The fraction of sp³-hybridized carbons (Fsp3) is 0.538. The number of nitrogens with zero attached hydrogens (tertiary/aromatic N) is 4. The fourth-order valence-electron chi connectivity index (χ4n) is 3.30. The Morgan fingerprint density at radius 3 is 3.00 bits per heavy atom. The molecular weight excluding hydrogens is 212 g/mol. The molecule has 0 saturated heterocycles. The highest BCUT2D eigenvalue weighted by Gasteiger charge is 2.30. The molecule has 4 rings (SSSR count). The van der Waals surface area contributed by atoms with Crippen molar-refractivity contribution in [2.45, 2.75) is 38.1 Å². The van der Waals surface area contributed by atoms with Crippen molar-refractivity contribution < 1.29 is 0 Å². The number of hydrogen-bond acceptors (Lipinski definition) is 3. The van der Waals surface area contributed by atoms with Gasteiger partial charge in [-0.1, -0.05) is 12.8 Å². The molecule has 1 aliphatic heterocycles. The van der Waals surface area contributed by atoms with Crippen LogP contribution in [0.3, 0.4) is 0 Å². The molecule has 0 radical (unpaired) electrons. The molecule has 0 amide bonds. The smallest absolute Gasteiger partial charge is 0.157 e. The topological polar surface area (TPSA) is 33.4 Å². The third kappa shape index (κ3) is 1.30. The highest BCUT2D eigenvalue weighted by Crippen LogP contribution is 2.34. The molecular formula is C13H16N4. The summed E-state index contributed by atoms with van der Waals surface area (Å²) in [4.78, 5) is 7.01. The molecule has 17 heavy (non-hydrogen) atoms. The first-order chi connectivity index (χ1) is 8.43. The van der Waals surface area contributed by atoms with Crippen LogP contribution in [0.5, 0.6) is 0 Å². The summed E-state index contributed by atoms with van der Waals surface area (Å²) in [6.45, 7) is 1.14. The number of anilines is 1. The van der Waals surface area contributed by atoms with Crippen LogP contribution >= 0.6 is 0 Å². The Bertz CT molecular complexity index is 554. The monoisotopic (exact) mass is 228 g/mol. The van der Waals surface area contributed by atoms with Gasteiger partial charge in [0, 0.05) is 30.4 Å². The number of rotatable bonds is 1. The Morgan fingerprint density at radius 1 is 1.24 bits per heavy atom. The minimum absolute atomic E-state index is 0.728. The predicted octanol–water partition coefficient (Wildman–Crippen LogP) is 2.03. The van der Waals surface area contributed by atoms with Gasteiger partial charge in [0.15, 0.2) is 5.65 Å². The molecule has 0 aromatic carbocycles. The summed E-state index contributed by atoms with van der Waals surface area (Å²) in [5, 5.41) is 4.42. The zero-order valence-electron chi connectivity index (χ0n) is 9.84. The van der Waals surface area contributed by atoms with Crippen LogP contribution in [-0.4, -0.2) is 27.2 Å². The Morgan fingerprint density at radius 2 is 2.12 bits per heavy atom. The second-order valence-corrected chi connectivity index (χ2v) is 5.09. The minimum atomic E-state index is 0.728. The molecule has 1 fully saturated rings. The van der Waals surface area contributed by atoms with Crippen LogP contribution in [-0.2, 0) is 6.42 Å². The minimum Gasteiger partial charge on any atom is -0.353 e. The van der Waals surface area contributed by atoms with E-state index in [-0.39, 0.29) is 0 Å². The molecule has 1 aliphatic carbocycles. The first-order valence-corrected chi connectivity index (χ1v) is 6.52. The average molecular weight is 228 g/mol. The standard InChI is InChI=1S/C13H16N4/c1-2-4-11(3-1)16-8-6-10-9-14-12-5-7-15-17(12)13(10)16/h5,7,9,11H,1-4,6,8H2. The number of fused-ring (bicyclic) bond motifs is 3. The largest absolute Gasteiger partial charge is 0.353 e. The van der Waals surface area contributed by atoms with Crippen molar-refractivity contribution in [3.63, 3.8) is 0 Å². The first kappa shape index (κ1) is 9.45. The van der Waals surface area contributed by atoms with Crippen molar-refractivity contribution >= 4 is 11.5 Å². The Hall–Kier alpha value is -1.58. The molecule has 0 N–H and O–H groups in total. The van der Waals surface area contributed by atoms with Crippen LogP contribution in [0.25, 0.3) is 5.65 Å². The lowest BCUT2D eigenvalue weighted by Gasteiger charge is -2.26. The summed E-state index contributed by atoms with van der Waals surface area (Å²) in [5.41, 5.74) is 2.32. The van der Waals surface area contributed by atoms with Gasteiger partial charge in [-0.15, -0.1) is 0 Å². The maximum Gasteiger partial charge on any atom is 0.157 e. The molecule has 0 spiro atoms. The Balaban J connectivity index is 1.86. The van der Waals surface area contributed by atoms with Crippen LogP contribution < -0.4 is 4.90 Å². The molecule has 4 nitrogen and oxygen atoms in total. The van der Waals surface area contributed by atoms with Gasteiger partial charge in [0.25, 0.3) is 0 Å². The van der Waals surface area contributed by atoms with E-state index in [1.807, 2.05) is 23.0 Å². The van der Waals surface area contributed by atoms with Gasteiger partial charge in [0.1, 0.15) is 5.82 Å². The van der Waals surface area contributed by atoms with E-state index in [0.717, 1.165) is 24.7 Å². The van der Waals surface area contributed by atoms with Gasteiger partial charge in [0.05, 0.1) is 6.20 Å². The van der Waals surface area contributed by atoms with Gasteiger partial charge in [-0.05, 0) is 19.3 Å². The molecule has 3 heterocycles. The van der Waals surface area contributed by atoms with E-state index in [9.17, 15) is 0 Å². The number of aromatic nitrogens is 3. The van der Waals surface area contributed by atoms with Crippen LogP contribution in [0.2, 0.25) is 0 Å². The van der Waals surface area contributed by atoms with Crippen LogP contribution in [0, 0.1) is 0 Å². The van der Waals surface area contributed by atoms with Crippen molar-refractivity contribution in [1.29, 1.82) is 0 Å². The van der Waals surface area contributed by atoms with Crippen molar-refractivity contribution in [2.75, 3.05) is 11.4 Å². The lowest BCUT2D eigenvalue weighted by molar-refractivity contribution is 0.614. The average Bonchev–Trinajstić information content (AvgIpc) is 3.08. The second-order valence-electron chi connectivity index (χ2n) is 5.09. The van der Waals surface area contributed by atoms with Gasteiger partial charge in [-0.25, -0.2) is 4.98 Å². The van der Waals surface area contributed by atoms with Gasteiger partial charge in [0.2, 0.25) is 0 Å². The highest BCUT2D eigenvalue weighted by atomic mass is 15.4. The predicted molar refractivity (Wildman–Crippen MR) is 66.3 cm³/mol. The third-order valence-corrected chi connectivity index (χ3v) is 4.12. The zero-order valence-corrected chi connectivity index (χ0v) is 9.84. The van der Waals surface area contributed by atoms with Crippen molar-refractivity contribution in [1.82, 2.24) is 14.6 Å². The van der Waals surface area contributed by atoms with Crippen LogP contribution in [0.4, 0.5) is 5.82 Å². The van der Waals surface area contributed by atoms with E-state index in [1.54, 1.807) is 0 Å². The Kier molecular flexibility index (Phi) is 1.92. The lowest BCUT2D eigenvalue weighted by Crippen LogP contribution is -2.32. The molecule has 4 heteroatoms. The first-order valence-electron chi connectivity index (χ1n) is 6.52. The van der Waals surface area contributed by atoms with Crippen molar-refractivity contribution in [3.8, 4) is 0 Å². The SMILES string of the molecule is c1cc2ncc3c(n2n1)N(C1CCCC1)CC3. The van der Waals surface area contributed by atoms with E-state index >= 15 is 0 Å². The van der Waals surface area contributed by atoms with Crippen molar-refractivity contribution in [2.24, 2.45) is 0 Å². The maximum atomic E-state index is 4.45. The molecule has 0 atom stereocenters. The fourth-order valence-corrected chi connectivity index (χ4v) is 3.30. The molecule has 2 aliphatic rings. The molecule has 0 unspecified atom stereocenters. The van der Waals surface area contributed by atoms with Crippen LogP contribution in [0.15, 0.2) is 18.5 Å². The van der Waals surface area contributed by atoms with E-state index in [0.29, 0.717) is 0 Å². The quantitative estimate of drug-likeness (QED) is 0.749. The molecule has 2 aromatic heterocycles. The van der Waals surface area contributed by atoms with Gasteiger partial charge >= 0.3 is 0 Å². The third-order valence-electron chi connectivity index (χ3n) is 4.12. The van der Waals surface area contributed by atoms with E-state index in [1.165, 1.54) is 37.1 Å². The van der Waals surface area contributed by atoms with Gasteiger partial charge in [-0.2, -0.15) is 9.61 Å². The summed E-state index contributed by atoms with van der Waals surface area (Å²) in [6, 6.07) is 2.71. The van der Waals surface area contributed by atoms with E-state index < -0.39 is 0 Å². The highest BCUT2D eigenvalue weighted by molar-refractivity contribution is 5.58. The summed E-state index contributed by atoms with van der Waals surface area (Å²) in [6.07, 6.45) is 10.4. The lowest BCUT2D eigenvalue weighted by atomic mass is 10.2. The maximum absolute atomic E-state index is 4.45. The Labute approximate surface area is 100 Å². The van der Waals surface area contributed by atoms with Gasteiger partial charge < -0.3 is 4.90 Å². The molecule has 1 saturated carbocycles. The van der Waals surface area contributed by atoms with E-state index in [2.05, 4.69) is 15.0 Å². The van der Waals surface area contributed by atoms with Crippen LogP contribution in [0.1, 0.15) is 31.2 Å². The summed E-state index contributed by atoms with van der Waals surface area (Å²) in [5.74, 6) is 1.30. The van der Waals surface area contributed by atoms with Gasteiger partial charge in [-0.3, -0.25) is 0 Å². The summed E-state index contributed by atoms with van der Waals surface area (Å²) < 4.78 is 2.01. The van der Waals surface area contributed by atoms with Crippen molar-refractivity contribution in [3.05, 3.63) is 24.0 Å². The number of hydrogen-bond donors (Lipinski definition) is 0. The molecule has 88 valence electrons. The second kappa shape index (κ2) is 3.45. The summed E-state index contributed by atoms with van der Waals surface area (Å²) in [7, 11) is 0.